The number of carbonyl (C=O) groups excluding carboxylic acids is 3. The normalized spacial score (nSPS) is 20.6. The van der Waals surface area contributed by atoms with E-state index >= 15 is 0 Å². The lowest BCUT2D eigenvalue weighted by Gasteiger charge is -2.39. The van der Waals surface area contributed by atoms with E-state index in [1.165, 1.54) is 4.90 Å². The number of nitrogens with one attached hydrogen (secondary N) is 1. The van der Waals surface area contributed by atoms with Gasteiger partial charge in [0.2, 0.25) is 11.8 Å². The van der Waals surface area contributed by atoms with Gasteiger partial charge in [-0.15, -0.1) is 0 Å². The van der Waals surface area contributed by atoms with E-state index in [1.54, 1.807) is 32.9 Å². The lowest BCUT2D eigenvalue weighted by molar-refractivity contribution is -0.142. The van der Waals surface area contributed by atoms with E-state index in [4.69, 9.17) is 9.26 Å². The molecule has 1 aliphatic carbocycles. The first-order valence-corrected chi connectivity index (χ1v) is 16.1. The molecule has 1 aliphatic heterocycles. The molecular formula is C31H41N2O7P. The van der Waals surface area contributed by atoms with Crippen LogP contribution in [-0.2, 0) is 41.1 Å². The number of fused-ring (bicyclic) bond motifs is 1. The predicted molar refractivity (Wildman–Crippen MR) is 157 cm³/mol. The van der Waals surface area contributed by atoms with Gasteiger partial charge in [0.05, 0.1) is 23.8 Å². The van der Waals surface area contributed by atoms with E-state index in [1.807, 2.05) is 42.5 Å². The van der Waals surface area contributed by atoms with Crippen molar-refractivity contribution in [1.29, 1.82) is 0 Å². The van der Waals surface area contributed by atoms with E-state index in [2.05, 4.69) is 5.32 Å². The van der Waals surface area contributed by atoms with E-state index in [-0.39, 0.29) is 19.6 Å². The van der Waals surface area contributed by atoms with Gasteiger partial charge in [0.15, 0.2) is 0 Å². The minimum atomic E-state index is -4.27. The Labute approximate surface area is 242 Å². The Morgan fingerprint density at radius 3 is 2.41 bits per heavy atom. The smallest absolute Gasteiger partial charge is 0.332 e. The number of esters is 1. The largest absolute Gasteiger partial charge is 0.465 e. The zero-order valence-electron chi connectivity index (χ0n) is 24.1. The van der Waals surface area contributed by atoms with Gasteiger partial charge in [-0.2, -0.15) is 0 Å². The van der Waals surface area contributed by atoms with Crippen LogP contribution in [-0.4, -0.2) is 53.6 Å². The molecule has 2 unspecified atom stereocenters. The van der Waals surface area contributed by atoms with Crippen LogP contribution in [0, 0.1) is 5.41 Å². The zero-order chi connectivity index (χ0) is 29.6. The summed E-state index contributed by atoms with van der Waals surface area (Å²) in [5.41, 5.74) is 0.158. The first-order chi connectivity index (χ1) is 19.6. The summed E-state index contributed by atoms with van der Waals surface area (Å²) in [5.74, 6) is -1.36. The third-order valence-corrected chi connectivity index (χ3v) is 10.2. The number of aryl methyl sites for hydroxylation is 1. The summed E-state index contributed by atoms with van der Waals surface area (Å²) in [4.78, 5) is 53.3. The quantitative estimate of drug-likeness (QED) is 0.288. The second kappa shape index (κ2) is 13.3. The number of para-hydroxylation sites is 1. The van der Waals surface area contributed by atoms with E-state index in [0.29, 0.717) is 31.4 Å². The van der Waals surface area contributed by atoms with Crippen LogP contribution in [0.2, 0.25) is 0 Å². The van der Waals surface area contributed by atoms with Gasteiger partial charge >= 0.3 is 13.6 Å². The van der Waals surface area contributed by atoms with Gasteiger partial charge < -0.3 is 19.5 Å². The fraction of sp³-hybridized carbons (Fsp3) is 0.516. The number of carbonyl (C=O) groups is 3. The van der Waals surface area contributed by atoms with Gasteiger partial charge in [0.25, 0.3) is 0 Å². The standard InChI is InChI=1S/C31H41N2O7P/c1-4-39-28(34)21-33-26-15-9-8-14-24(26)16-17-25(29(33)35)32-30(36)31(18-10-11-19-31)27(41(37,38)40-22(2)3)20-23-12-6-5-7-13-23/h5-9,12-15,22,25,27H,4,10-11,16-21H2,1-3H3,(H,32,36)(H,37,38)/t25-,27?/m0/s1. The molecule has 1 fully saturated rings. The second-order valence-electron chi connectivity index (χ2n) is 11.2. The van der Waals surface area contributed by atoms with E-state index in [9.17, 15) is 23.8 Å². The summed E-state index contributed by atoms with van der Waals surface area (Å²) in [5, 5.41) is 2.98. The highest BCUT2D eigenvalue weighted by molar-refractivity contribution is 7.53. The Morgan fingerprint density at radius 2 is 1.76 bits per heavy atom. The van der Waals surface area contributed by atoms with Crippen LogP contribution in [0.5, 0.6) is 0 Å². The number of hydrogen-bond acceptors (Lipinski definition) is 6. The topological polar surface area (TPSA) is 122 Å². The molecule has 2 aliphatic rings. The van der Waals surface area contributed by atoms with Crippen molar-refractivity contribution in [1.82, 2.24) is 5.32 Å². The molecule has 2 aromatic carbocycles. The van der Waals surface area contributed by atoms with Crippen molar-refractivity contribution in [3.63, 3.8) is 0 Å². The fourth-order valence-electron chi connectivity index (χ4n) is 6.20. The number of benzene rings is 2. The number of hydrogen-bond donors (Lipinski definition) is 2. The minimum absolute atomic E-state index is 0.188. The van der Waals surface area contributed by atoms with Gasteiger partial charge in [0, 0.05) is 5.69 Å². The van der Waals surface area contributed by atoms with Crippen LogP contribution in [0.3, 0.4) is 0 Å². The minimum Gasteiger partial charge on any atom is -0.465 e. The molecule has 0 aromatic heterocycles. The molecular weight excluding hydrogens is 543 g/mol. The van der Waals surface area contributed by atoms with Gasteiger partial charge in [-0.3, -0.25) is 23.8 Å². The molecule has 0 bridgehead atoms. The van der Waals surface area contributed by atoms with Crippen molar-refractivity contribution in [3.8, 4) is 0 Å². The molecule has 1 heterocycles. The predicted octanol–water partition coefficient (Wildman–Crippen LogP) is 4.80. The van der Waals surface area contributed by atoms with Gasteiger partial charge in [-0.1, -0.05) is 61.4 Å². The SMILES string of the molecule is CCOC(=O)CN1C(=O)[C@@H](NC(=O)C2(C(Cc3ccccc3)P(=O)(O)OC(C)C)CCCC2)CCc2ccccc21. The van der Waals surface area contributed by atoms with Crippen molar-refractivity contribution in [2.24, 2.45) is 5.41 Å². The Balaban J connectivity index is 1.67. The maximum absolute atomic E-state index is 14.3. The molecule has 41 heavy (non-hydrogen) atoms. The molecule has 2 amide bonds. The average molecular weight is 585 g/mol. The summed E-state index contributed by atoms with van der Waals surface area (Å²) in [6, 6.07) is 15.8. The maximum atomic E-state index is 14.3. The van der Waals surface area contributed by atoms with Crippen molar-refractivity contribution >= 4 is 31.1 Å². The van der Waals surface area contributed by atoms with Crippen LogP contribution in [0.1, 0.15) is 64.0 Å². The Kier molecular flexibility index (Phi) is 10.1. The van der Waals surface area contributed by atoms with Crippen LogP contribution in [0.25, 0.3) is 0 Å². The lowest BCUT2D eigenvalue weighted by Crippen LogP contribution is -2.55. The summed E-state index contributed by atoms with van der Waals surface area (Å²) in [7, 11) is -4.27. The fourth-order valence-corrected chi connectivity index (χ4v) is 8.40. The van der Waals surface area contributed by atoms with Gasteiger partial charge in [-0.25, -0.2) is 0 Å². The Hall–Kier alpha value is -3.00. The lowest BCUT2D eigenvalue weighted by atomic mass is 9.78. The molecule has 2 aromatic rings. The molecule has 0 saturated heterocycles. The number of nitrogens with zero attached hydrogens (tertiary/aromatic N) is 1. The summed E-state index contributed by atoms with van der Waals surface area (Å²) in [6.45, 7) is 5.02. The third kappa shape index (κ3) is 7.08. The monoisotopic (exact) mass is 584 g/mol. The van der Waals surface area contributed by atoms with Crippen molar-refractivity contribution in [2.75, 3.05) is 18.1 Å². The molecule has 10 heteroatoms. The molecule has 1 saturated carbocycles. The van der Waals surface area contributed by atoms with E-state index < -0.39 is 48.6 Å². The van der Waals surface area contributed by atoms with Crippen LogP contribution in [0.4, 0.5) is 5.69 Å². The molecule has 3 atom stereocenters. The molecule has 0 spiro atoms. The number of amides is 2. The maximum Gasteiger partial charge on any atom is 0.332 e. The Morgan fingerprint density at radius 1 is 1.10 bits per heavy atom. The highest BCUT2D eigenvalue weighted by Crippen LogP contribution is 2.61. The number of ether oxygens (including phenoxy) is 1. The van der Waals surface area contributed by atoms with Gasteiger partial charge in [-0.05, 0) is 70.1 Å². The molecule has 2 N–H and O–H groups in total. The van der Waals surface area contributed by atoms with E-state index in [0.717, 1.165) is 24.0 Å². The molecule has 0 radical (unpaired) electrons. The first-order valence-electron chi connectivity index (χ1n) is 14.5. The summed E-state index contributed by atoms with van der Waals surface area (Å²) >= 11 is 0. The van der Waals surface area contributed by atoms with Crippen LogP contribution in [0.15, 0.2) is 54.6 Å². The first kappa shape index (κ1) is 30.9. The average Bonchev–Trinajstić information content (AvgIpc) is 3.39. The summed E-state index contributed by atoms with van der Waals surface area (Å²) < 4.78 is 24.6. The molecule has 4 rings (SSSR count). The van der Waals surface area contributed by atoms with Crippen molar-refractivity contribution in [3.05, 3.63) is 65.7 Å². The molecule has 222 valence electrons. The second-order valence-corrected chi connectivity index (χ2v) is 13.2. The Bertz CT molecular complexity index is 1280. The summed E-state index contributed by atoms with van der Waals surface area (Å²) in [6.07, 6.45) is 2.80. The van der Waals surface area contributed by atoms with Crippen molar-refractivity contribution < 1.29 is 33.1 Å². The number of anilines is 1. The zero-order valence-corrected chi connectivity index (χ0v) is 25.0. The van der Waals surface area contributed by atoms with Crippen LogP contribution < -0.4 is 10.2 Å². The number of rotatable bonds is 11. The van der Waals surface area contributed by atoms with Crippen LogP contribution >= 0.6 is 7.60 Å². The third-order valence-electron chi connectivity index (χ3n) is 8.06. The van der Waals surface area contributed by atoms with Crippen molar-refractivity contribution in [2.45, 2.75) is 83.5 Å². The molecule has 9 nitrogen and oxygen atoms in total. The highest BCUT2D eigenvalue weighted by atomic mass is 31.2. The highest BCUT2D eigenvalue weighted by Gasteiger charge is 2.56. The van der Waals surface area contributed by atoms with Gasteiger partial charge in [0.1, 0.15) is 12.6 Å².